The van der Waals surface area contributed by atoms with Crippen LogP contribution in [0.1, 0.15) is 31.8 Å². The number of aryl methyl sites for hydroxylation is 2. The Bertz CT molecular complexity index is 955. The Morgan fingerprint density at radius 1 is 0.963 bits per heavy atom. The third-order valence-electron chi connectivity index (χ3n) is 3.93. The Hall–Kier alpha value is -2.75. The van der Waals surface area contributed by atoms with Gasteiger partial charge in [-0.2, -0.15) is 0 Å². The molecular weight excluding hydrogens is 370 g/mol. The van der Waals surface area contributed by atoms with Crippen molar-refractivity contribution in [2.45, 2.75) is 18.7 Å². The molecule has 2 amide bonds. The number of hydrazine groups is 1. The summed E-state index contributed by atoms with van der Waals surface area (Å²) in [5.41, 5.74) is 7.11. The van der Waals surface area contributed by atoms with Crippen LogP contribution in [-0.4, -0.2) is 38.9 Å². The Kier molecular flexibility index (Phi) is 6.32. The zero-order chi connectivity index (χ0) is 20.2. The van der Waals surface area contributed by atoms with Gasteiger partial charge in [-0.15, -0.1) is 0 Å². The molecule has 0 aliphatic rings. The van der Waals surface area contributed by atoms with Crippen LogP contribution in [-0.2, 0) is 14.9 Å². The first kappa shape index (κ1) is 20.6. The van der Waals surface area contributed by atoms with E-state index >= 15 is 0 Å². The third-order valence-corrected chi connectivity index (χ3v) is 5.62. The van der Waals surface area contributed by atoms with Crippen LogP contribution in [0.25, 0.3) is 0 Å². The van der Waals surface area contributed by atoms with Crippen molar-refractivity contribution in [3.8, 4) is 0 Å². The van der Waals surface area contributed by atoms with E-state index in [0.717, 1.165) is 11.1 Å². The standard InChI is InChI=1S/C18H21N3O5S/c1-12-5-10-16(13(2)11-12)18(23)20-19-17(22)14-6-8-15(9-7-14)27(24,25)21(3)26-4/h5-11H,1-4H3,(H,19,22)(H,20,23). The second-order valence-corrected chi connectivity index (χ2v) is 7.78. The van der Waals surface area contributed by atoms with E-state index in [2.05, 4.69) is 15.7 Å². The van der Waals surface area contributed by atoms with Crippen LogP contribution in [0.15, 0.2) is 47.4 Å². The molecular formula is C18H21N3O5S. The highest BCUT2D eigenvalue weighted by Gasteiger charge is 2.21. The number of nitrogens with one attached hydrogen (secondary N) is 2. The van der Waals surface area contributed by atoms with Crippen LogP contribution in [0.5, 0.6) is 0 Å². The van der Waals surface area contributed by atoms with E-state index in [-0.39, 0.29) is 10.5 Å². The number of nitrogens with zero attached hydrogens (tertiary/aromatic N) is 1. The summed E-state index contributed by atoms with van der Waals surface area (Å²) in [7, 11) is -1.30. The van der Waals surface area contributed by atoms with E-state index in [1.165, 1.54) is 38.4 Å². The van der Waals surface area contributed by atoms with Crippen molar-refractivity contribution < 1.29 is 22.8 Å². The van der Waals surface area contributed by atoms with Crippen molar-refractivity contribution in [1.82, 2.24) is 15.3 Å². The van der Waals surface area contributed by atoms with Crippen molar-refractivity contribution in [2.24, 2.45) is 0 Å². The number of sulfonamides is 1. The van der Waals surface area contributed by atoms with Crippen LogP contribution in [0.3, 0.4) is 0 Å². The number of benzene rings is 2. The smallest absolute Gasteiger partial charge is 0.269 e. The second-order valence-electron chi connectivity index (χ2n) is 5.85. The molecule has 0 saturated carbocycles. The average Bonchev–Trinajstić information content (AvgIpc) is 2.65. The van der Waals surface area contributed by atoms with Crippen molar-refractivity contribution >= 4 is 21.8 Å². The van der Waals surface area contributed by atoms with Gasteiger partial charge in [-0.25, -0.2) is 8.42 Å². The SMILES string of the molecule is CON(C)S(=O)(=O)c1ccc(C(=O)NNC(=O)c2ccc(C)cc2C)cc1. The highest BCUT2D eigenvalue weighted by Crippen LogP contribution is 2.15. The Labute approximate surface area is 158 Å². The highest BCUT2D eigenvalue weighted by atomic mass is 32.2. The van der Waals surface area contributed by atoms with Gasteiger partial charge in [-0.3, -0.25) is 25.3 Å². The lowest BCUT2D eigenvalue weighted by atomic mass is 10.1. The van der Waals surface area contributed by atoms with Crippen LogP contribution in [0, 0.1) is 13.8 Å². The molecule has 0 aromatic heterocycles. The van der Waals surface area contributed by atoms with Gasteiger partial charge in [0.05, 0.1) is 12.0 Å². The molecule has 27 heavy (non-hydrogen) atoms. The fraction of sp³-hybridized carbons (Fsp3) is 0.222. The molecule has 0 bridgehead atoms. The largest absolute Gasteiger partial charge is 0.288 e. The van der Waals surface area contributed by atoms with Gasteiger partial charge in [0.2, 0.25) is 0 Å². The molecule has 0 aliphatic heterocycles. The van der Waals surface area contributed by atoms with Gasteiger partial charge < -0.3 is 0 Å². The lowest BCUT2D eigenvalue weighted by Crippen LogP contribution is -2.41. The van der Waals surface area contributed by atoms with E-state index in [0.29, 0.717) is 10.0 Å². The summed E-state index contributed by atoms with van der Waals surface area (Å²) >= 11 is 0. The van der Waals surface area contributed by atoms with E-state index in [1.54, 1.807) is 19.1 Å². The molecule has 0 heterocycles. The van der Waals surface area contributed by atoms with Crippen LogP contribution < -0.4 is 10.9 Å². The molecule has 2 aromatic carbocycles. The van der Waals surface area contributed by atoms with Gasteiger partial charge in [-0.1, -0.05) is 22.2 Å². The number of carbonyl (C=O) groups is 2. The zero-order valence-corrected chi connectivity index (χ0v) is 16.3. The predicted octanol–water partition coefficient (Wildman–Crippen LogP) is 1.56. The summed E-state index contributed by atoms with van der Waals surface area (Å²) in [5.74, 6) is -1.01. The van der Waals surface area contributed by atoms with Gasteiger partial charge >= 0.3 is 0 Å². The minimum Gasteiger partial charge on any atom is -0.288 e. The fourth-order valence-electron chi connectivity index (χ4n) is 2.35. The number of rotatable bonds is 5. The summed E-state index contributed by atoms with van der Waals surface area (Å²) in [4.78, 5) is 29.0. The Morgan fingerprint density at radius 2 is 1.56 bits per heavy atom. The molecule has 2 aromatic rings. The Balaban J connectivity index is 2.05. The van der Waals surface area contributed by atoms with Crippen molar-refractivity contribution in [2.75, 3.05) is 14.2 Å². The van der Waals surface area contributed by atoms with Gasteiger partial charge in [0.1, 0.15) is 0 Å². The third kappa shape index (κ3) is 4.70. The predicted molar refractivity (Wildman–Crippen MR) is 99.2 cm³/mol. The molecule has 0 unspecified atom stereocenters. The Morgan fingerprint density at radius 3 is 2.11 bits per heavy atom. The zero-order valence-electron chi connectivity index (χ0n) is 15.4. The van der Waals surface area contributed by atoms with Crippen molar-refractivity contribution in [1.29, 1.82) is 0 Å². The molecule has 0 radical (unpaired) electrons. The number of amides is 2. The number of hydroxylamine groups is 1. The van der Waals surface area contributed by atoms with Gasteiger partial charge in [0.15, 0.2) is 0 Å². The second kappa shape index (κ2) is 8.30. The minimum absolute atomic E-state index is 0.0253. The van der Waals surface area contributed by atoms with E-state index in [1.807, 2.05) is 13.0 Å². The van der Waals surface area contributed by atoms with Gasteiger partial charge in [-0.05, 0) is 49.7 Å². The lowest BCUT2D eigenvalue weighted by molar-refractivity contribution is -0.0258. The van der Waals surface area contributed by atoms with Crippen LogP contribution in [0.2, 0.25) is 0 Å². The van der Waals surface area contributed by atoms with Crippen molar-refractivity contribution in [3.63, 3.8) is 0 Å². The molecule has 0 spiro atoms. The maximum absolute atomic E-state index is 12.2. The summed E-state index contributed by atoms with van der Waals surface area (Å²) in [5, 5.41) is 0. The van der Waals surface area contributed by atoms with Crippen LogP contribution in [0.4, 0.5) is 0 Å². The van der Waals surface area contributed by atoms with E-state index in [9.17, 15) is 18.0 Å². The monoisotopic (exact) mass is 391 g/mol. The van der Waals surface area contributed by atoms with Gasteiger partial charge in [0, 0.05) is 18.2 Å². The van der Waals surface area contributed by atoms with E-state index in [4.69, 9.17) is 0 Å². The number of hydrogen-bond acceptors (Lipinski definition) is 5. The molecule has 9 heteroatoms. The van der Waals surface area contributed by atoms with Gasteiger partial charge in [0.25, 0.3) is 21.8 Å². The highest BCUT2D eigenvalue weighted by molar-refractivity contribution is 7.89. The molecule has 0 saturated heterocycles. The maximum atomic E-state index is 12.2. The number of carbonyl (C=O) groups excluding carboxylic acids is 2. The quantitative estimate of drug-likeness (QED) is 0.753. The van der Waals surface area contributed by atoms with E-state index < -0.39 is 21.8 Å². The first-order valence-electron chi connectivity index (χ1n) is 7.98. The summed E-state index contributed by atoms with van der Waals surface area (Å²) in [6.45, 7) is 3.73. The lowest BCUT2D eigenvalue weighted by Gasteiger charge is -2.14. The summed E-state index contributed by atoms with van der Waals surface area (Å²) in [6.07, 6.45) is 0. The first-order valence-corrected chi connectivity index (χ1v) is 9.42. The molecule has 2 rings (SSSR count). The molecule has 2 N–H and O–H groups in total. The van der Waals surface area contributed by atoms with Crippen LogP contribution >= 0.6 is 0 Å². The molecule has 0 atom stereocenters. The summed E-state index contributed by atoms with van der Waals surface area (Å²) in [6, 6.07) is 10.6. The molecule has 0 fully saturated rings. The first-order chi connectivity index (χ1) is 12.7. The number of hydrogen-bond donors (Lipinski definition) is 2. The minimum atomic E-state index is -3.79. The normalized spacial score (nSPS) is 11.3. The average molecular weight is 391 g/mol. The fourth-order valence-corrected chi connectivity index (χ4v) is 3.32. The maximum Gasteiger partial charge on any atom is 0.269 e. The molecule has 8 nitrogen and oxygen atoms in total. The molecule has 0 aliphatic carbocycles. The molecule has 144 valence electrons. The summed E-state index contributed by atoms with van der Waals surface area (Å²) < 4.78 is 24.9. The van der Waals surface area contributed by atoms with Crippen molar-refractivity contribution in [3.05, 3.63) is 64.7 Å². The topological polar surface area (TPSA) is 105 Å².